The quantitative estimate of drug-likeness (QED) is 0.519. The number of nitrogens with one attached hydrogen (secondary N) is 1. The minimum absolute atomic E-state index is 0.0783. The Kier molecular flexibility index (Phi) is 4.90. The van der Waals surface area contributed by atoms with Crippen molar-refractivity contribution in [2.24, 2.45) is 0 Å². The van der Waals surface area contributed by atoms with E-state index in [2.05, 4.69) is 4.84 Å². The van der Waals surface area contributed by atoms with Gasteiger partial charge < -0.3 is 9.94 Å². The summed E-state index contributed by atoms with van der Waals surface area (Å²) >= 11 is -2.36. The average Bonchev–Trinajstić information content (AvgIpc) is 2.25. The Morgan fingerprint density at radius 3 is 2.56 bits per heavy atom. The van der Waals surface area contributed by atoms with Crippen molar-refractivity contribution < 1.29 is 23.5 Å². The Bertz CT molecular complexity index is 378. The second kappa shape index (κ2) is 6.21. The van der Waals surface area contributed by atoms with Crippen LogP contribution in [0.15, 0.2) is 24.3 Å². The highest BCUT2D eigenvalue weighted by molar-refractivity contribution is 7.76. The van der Waals surface area contributed by atoms with E-state index in [4.69, 9.17) is 9.66 Å². The van der Waals surface area contributed by atoms with Crippen molar-refractivity contribution in [2.45, 2.75) is 12.8 Å². The van der Waals surface area contributed by atoms with Gasteiger partial charge in [-0.2, -0.15) is 0 Å². The van der Waals surface area contributed by atoms with E-state index >= 15 is 0 Å². The molecule has 0 aromatic heterocycles. The van der Waals surface area contributed by atoms with Gasteiger partial charge >= 0.3 is 5.97 Å². The van der Waals surface area contributed by atoms with Gasteiger partial charge in [0.25, 0.3) is 11.3 Å². The Morgan fingerprint density at radius 1 is 1.38 bits per heavy atom. The van der Waals surface area contributed by atoms with Gasteiger partial charge in [0.1, 0.15) is 5.75 Å². The molecule has 1 rings (SSSR count). The van der Waals surface area contributed by atoms with E-state index in [-0.39, 0.29) is 12.2 Å². The minimum atomic E-state index is -2.36. The lowest BCUT2D eigenvalue weighted by Crippen LogP contribution is -2.21. The summed E-state index contributed by atoms with van der Waals surface area (Å²) in [6, 6.07) is 6.39. The van der Waals surface area contributed by atoms with E-state index in [9.17, 15) is 9.00 Å². The fraction of sp³-hybridized carbons (Fsp3) is 0.222. The minimum Gasteiger partial charge on any atom is -0.508 e. The van der Waals surface area contributed by atoms with Gasteiger partial charge in [0.2, 0.25) is 0 Å². The van der Waals surface area contributed by atoms with Crippen molar-refractivity contribution in [1.29, 1.82) is 0 Å². The molecule has 0 aliphatic rings. The molecule has 7 heteroatoms. The average molecular weight is 245 g/mol. The second-order valence-corrected chi connectivity index (χ2v) is 3.64. The zero-order valence-corrected chi connectivity index (χ0v) is 9.07. The summed E-state index contributed by atoms with van der Waals surface area (Å²) in [5, 5.41) is 9.02. The molecule has 1 atom stereocenters. The van der Waals surface area contributed by atoms with Gasteiger partial charge in [0, 0.05) is 0 Å². The molecule has 0 aliphatic heterocycles. The van der Waals surface area contributed by atoms with Crippen molar-refractivity contribution >= 4 is 17.2 Å². The Balaban J connectivity index is 2.31. The van der Waals surface area contributed by atoms with Crippen molar-refractivity contribution in [3.63, 3.8) is 0 Å². The summed E-state index contributed by atoms with van der Waals surface area (Å²) in [5.41, 5.74) is 0.861. The fourth-order valence-corrected chi connectivity index (χ4v) is 1.21. The van der Waals surface area contributed by atoms with Crippen molar-refractivity contribution in [1.82, 2.24) is 4.89 Å². The van der Waals surface area contributed by atoms with E-state index in [0.717, 1.165) is 5.56 Å². The number of hydrogen-bond acceptors (Lipinski definition) is 4. The highest BCUT2D eigenvalue weighted by Gasteiger charge is 2.05. The van der Waals surface area contributed by atoms with Crippen LogP contribution < -0.4 is 4.89 Å². The van der Waals surface area contributed by atoms with E-state index < -0.39 is 17.2 Å². The van der Waals surface area contributed by atoms with Crippen LogP contribution in [0.2, 0.25) is 0 Å². The van der Waals surface area contributed by atoms with E-state index in [0.29, 0.717) is 6.42 Å². The number of aromatic hydroxyl groups is 1. The molecule has 1 aromatic carbocycles. The third-order valence-corrected chi connectivity index (χ3v) is 2.01. The number of rotatable bonds is 5. The molecule has 3 N–H and O–H groups in total. The Morgan fingerprint density at radius 2 is 2.00 bits per heavy atom. The number of phenols is 1. The second-order valence-electron chi connectivity index (χ2n) is 2.97. The van der Waals surface area contributed by atoms with Crippen molar-refractivity contribution in [2.75, 3.05) is 0 Å². The highest BCUT2D eigenvalue weighted by Crippen LogP contribution is 2.11. The smallest absolute Gasteiger partial charge is 0.326 e. The molecule has 6 nitrogen and oxygen atoms in total. The summed E-state index contributed by atoms with van der Waals surface area (Å²) in [6.07, 6.45) is 0.508. The molecule has 1 unspecified atom stereocenters. The van der Waals surface area contributed by atoms with Crippen LogP contribution in [0, 0.1) is 0 Å². The molecule has 0 bridgehead atoms. The fourth-order valence-electron chi connectivity index (χ4n) is 1.04. The summed E-state index contributed by atoms with van der Waals surface area (Å²) < 4.78 is 18.4. The molecule has 16 heavy (non-hydrogen) atoms. The van der Waals surface area contributed by atoms with Crippen LogP contribution in [0.3, 0.4) is 0 Å². The van der Waals surface area contributed by atoms with Gasteiger partial charge in [-0.05, 0) is 29.0 Å². The van der Waals surface area contributed by atoms with E-state index in [1.807, 2.05) is 0 Å². The molecule has 0 aliphatic carbocycles. The van der Waals surface area contributed by atoms with Gasteiger partial charge in [-0.1, -0.05) is 12.1 Å². The first-order chi connectivity index (χ1) is 7.58. The normalized spacial score (nSPS) is 12.1. The van der Waals surface area contributed by atoms with Gasteiger partial charge in [-0.15, -0.1) is 0 Å². The first kappa shape index (κ1) is 12.6. The number of carbonyl (C=O) groups is 1. The van der Waals surface area contributed by atoms with Gasteiger partial charge in [0.15, 0.2) is 0 Å². The number of hydrogen-bond donors (Lipinski definition) is 3. The number of carbonyl (C=O) groups excluding carboxylic acids is 1. The first-order valence-electron chi connectivity index (χ1n) is 4.42. The number of benzene rings is 1. The van der Waals surface area contributed by atoms with Crippen LogP contribution in [0.25, 0.3) is 0 Å². The number of phenolic OH excluding ortho intramolecular Hbond substituents is 1. The molecule has 0 saturated carbocycles. The van der Waals surface area contributed by atoms with Crippen LogP contribution in [0.1, 0.15) is 12.0 Å². The summed E-state index contributed by atoms with van der Waals surface area (Å²) in [7, 11) is 0. The maximum absolute atomic E-state index is 11.0. The molecule has 0 radical (unpaired) electrons. The molecule has 0 saturated heterocycles. The van der Waals surface area contributed by atoms with Gasteiger partial charge in [0.05, 0.1) is 6.42 Å². The molecule has 0 amide bonds. The standard InChI is InChI=1S/C9H11NO5S/c11-8-4-1-7(2-5-8)3-6-9(12)15-10-16(13)14/h1-2,4-5,10-11H,3,6H2,(H,13,14). The van der Waals surface area contributed by atoms with Gasteiger partial charge in [-0.25, -0.2) is 4.21 Å². The molecular weight excluding hydrogens is 234 g/mol. The molecule has 0 fully saturated rings. The third-order valence-electron chi connectivity index (χ3n) is 1.78. The topological polar surface area (TPSA) is 95.9 Å². The molecular formula is C9H11NO5S. The zero-order valence-electron chi connectivity index (χ0n) is 8.25. The molecule has 1 aromatic rings. The monoisotopic (exact) mass is 245 g/mol. The van der Waals surface area contributed by atoms with E-state index in [1.54, 1.807) is 17.0 Å². The van der Waals surface area contributed by atoms with Crippen LogP contribution in [0.5, 0.6) is 5.75 Å². The summed E-state index contributed by atoms with van der Waals surface area (Å²) in [6.45, 7) is 0. The van der Waals surface area contributed by atoms with Crippen LogP contribution in [-0.4, -0.2) is 19.8 Å². The summed E-state index contributed by atoms with van der Waals surface area (Å²) in [4.78, 5) is 16.9. The van der Waals surface area contributed by atoms with E-state index in [1.165, 1.54) is 12.1 Å². The Hall–Kier alpha value is -1.44. The lowest BCUT2D eigenvalue weighted by atomic mass is 10.1. The maximum Gasteiger partial charge on any atom is 0.326 e. The summed E-state index contributed by atoms with van der Waals surface area (Å²) in [5.74, 6) is -0.473. The SMILES string of the molecule is O=C(CCc1ccc(O)cc1)ONS(=O)O. The highest BCUT2D eigenvalue weighted by atomic mass is 32.2. The number of aryl methyl sites for hydroxylation is 1. The molecule has 0 spiro atoms. The maximum atomic E-state index is 11.0. The molecule has 0 heterocycles. The van der Waals surface area contributed by atoms with Crippen LogP contribution in [0.4, 0.5) is 0 Å². The zero-order chi connectivity index (χ0) is 12.0. The largest absolute Gasteiger partial charge is 0.508 e. The van der Waals surface area contributed by atoms with Crippen molar-refractivity contribution in [3.05, 3.63) is 29.8 Å². The van der Waals surface area contributed by atoms with Gasteiger partial charge in [-0.3, -0.25) is 9.35 Å². The van der Waals surface area contributed by atoms with Crippen LogP contribution in [-0.2, 0) is 27.3 Å². The Labute approximate surface area is 94.6 Å². The lowest BCUT2D eigenvalue weighted by molar-refractivity contribution is -0.147. The predicted molar refractivity (Wildman–Crippen MR) is 56.4 cm³/mol. The van der Waals surface area contributed by atoms with Crippen LogP contribution >= 0.6 is 0 Å². The first-order valence-corrected chi connectivity index (χ1v) is 5.52. The third kappa shape index (κ3) is 4.87. The van der Waals surface area contributed by atoms with Crippen molar-refractivity contribution in [3.8, 4) is 5.75 Å². The lowest BCUT2D eigenvalue weighted by Gasteiger charge is -2.02. The molecule has 88 valence electrons. The predicted octanol–water partition coefficient (Wildman–Crippen LogP) is 0.509.